The number of hydrogen-bond acceptors (Lipinski definition) is 1. The van der Waals surface area contributed by atoms with Crippen LogP contribution in [0.4, 0.5) is 0 Å². The Labute approximate surface area is 73.1 Å². The lowest BCUT2D eigenvalue weighted by molar-refractivity contribution is -0.0221. The minimum absolute atomic E-state index is 0.843. The van der Waals surface area contributed by atoms with Crippen LogP contribution in [0, 0.1) is 5.92 Å². The van der Waals surface area contributed by atoms with Crippen molar-refractivity contribution < 1.29 is 4.74 Å². The van der Waals surface area contributed by atoms with Crippen LogP contribution in [-0.2, 0) is 4.74 Å². The number of rotatable bonds is 0. The van der Waals surface area contributed by atoms with Gasteiger partial charge in [0.05, 0.1) is 13.2 Å². The standard InChI is InChI=1S/C4H8O.3C2H6/c1-4-2-5-3-4;3*1-2/h4H,2-3H2,1H3;3*1-2H3. The molecule has 1 saturated heterocycles. The lowest BCUT2D eigenvalue weighted by Crippen LogP contribution is -2.23. The van der Waals surface area contributed by atoms with Gasteiger partial charge in [-0.15, -0.1) is 0 Å². The fourth-order valence-corrected chi connectivity index (χ4v) is 0.354. The van der Waals surface area contributed by atoms with Gasteiger partial charge in [0.15, 0.2) is 0 Å². The van der Waals surface area contributed by atoms with E-state index in [4.69, 9.17) is 4.74 Å². The average molecular weight is 162 g/mol. The van der Waals surface area contributed by atoms with Gasteiger partial charge in [0.25, 0.3) is 0 Å². The molecule has 1 rings (SSSR count). The predicted octanol–water partition coefficient (Wildman–Crippen LogP) is 3.73. The molecule has 0 amide bonds. The van der Waals surface area contributed by atoms with Crippen LogP contribution in [0.25, 0.3) is 0 Å². The summed E-state index contributed by atoms with van der Waals surface area (Å²) in [5.74, 6) is 0.843. The zero-order valence-corrected chi connectivity index (χ0v) is 9.40. The molecule has 72 valence electrons. The molecular formula is C10H26O. The molecular weight excluding hydrogens is 136 g/mol. The van der Waals surface area contributed by atoms with Crippen molar-refractivity contribution >= 4 is 0 Å². The summed E-state index contributed by atoms with van der Waals surface area (Å²) in [6.45, 7) is 16.2. The highest BCUT2D eigenvalue weighted by Crippen LogP contribution is 2.05. The van der Waals surface area contributed by atoms with Crippen LogP contribution in [0.1, 0.15) is 48.5 Å². The van der Waals surface area contributed by atoms with Gasteiger partial charge in [-0.1, -0.05) is 48.5 Å². The Morgan fingerprint density at radius 1 is 0.818 bits per heavy atom. The van der Waals surface area contributed by atoms with Crippen molar-refractivity contribution in [1.29, 1.82) is 0 Å². The normalized spacial score (nSPS) is 13.4. The summed E-state index contributed by atoms with van der Waals surface area (Å²) in [5.41, 5.74) is 0. The van der Waals surface area contributed by atoms with E-state index < -0.39 is 0 Å². The van der Waals surface area contributed by atoms with Gasteiger partial charge in [0, 0.05) is 5.92 Å². The van der Waals surface area contributed by atoms with E-state index in [2.05, 4.69) is 6.92 Å². The van der Waals surface area contributed by atoms with E-state index >= 15 is 0 Å². The van der Waals surface area contributed by atoms with Crippen molar-refractivity contribution in [2.45, 2.75) is 48.5 Å². The van der Waals surface area contributed by atoms with Gasteiger partial charge < -0.3 is 4.74 Å². The predicted molar refractivity (Wildman–Crippen MR) is 54.0 cm³/mol. The lowest BCUT2D eigenvalue weighted by atomic mass is 10.2. The first-order chi connectivity index (χ1) is 5.39. The topological polar surface area (TPSA) is 9.23 Å². The van der Waals surface area contributed by atoms with E-state index in [-0.39, 0.29) is 0 Å². The molecule has 1 aliphatic rings. The second-order valence-electron chi connectivity index (χ2n) is 1.64. The Hall–Kier alpha value is -0.0400. The van der Waals surface area contributed by atoms with Gasteiger partial charge in [-0.2, -0.15) is 0 Å². The van der Waals surface area contributed by atoms with Crippen LogP contribution >= 0.6 is 0 Å². The van der Waals surface area contributed by atoms with Crippen molar-refractivity contribution in [3.05, 3.63) is 0 Å². The van der Waals surface area contributed by atoms with Gasteiger partial charge in [-0.3, -0.25) is 0 Å². The summed E-state index contributed by atoms with van der Waals surface area (Å²) >= 11 is 0. The summed E-state index contributed by atoms with van der Waals surface area (Å²) < 4.78 is 4.83. The first kappa shape index (κ1) is 17.2. The molecule has 0 aromatic carbocycles. The van der Waals surface area contributed by atoms with Gasteiger partial charge >= 0.3 is 0 Å². The quantitative estimate of drug-likeness (QED) is 0.527. The minimum atomic E-state index is 0.843. The molecule has 0 aromatic rings. The summed E-state index contributed by atoms with van der Waals surface area (Å²) in [6.07, 6.45) is 0. The molecule has 0 bridgehead atoms. The fraction of sp³-hybridized carbons (Fsp3) is 1.00. The van der Waals surface area contributed by atoms with Crippen LogP contribution in [-0.4, -0.2) is 13.2 Å². The summed E-state index contributed by atoms with van der Waals surface area (Å²) in [5, 5.41) is 0. The zero-order valence-electron chi connectivity index (χ0n) is 9.40. The smallest absolute Gasteiger partial charge is 0.0513 e. The first-order valence-corrected chi connectivity index (χ1v) is 4.97. The maximum atomic E-state index is 4.83. The third-order valence-electron chi connectivity index (χ3n) is 0.805. The maximum absolute atomic E-state index is 4.83. The van der Waals surface area contributed by atoms with Gasteiger partial charge in [0.2, 0.25) is 0 Å². The molecule has 1 fully saturated rings. The third kappa shape index (κ3) is 17.8. The van der Waals surface area contributed by atoms with Crippen LogP contribution in [0.5, 0.6) is 0 Å². The molecule has 0 atom stereocenters. The van der Waals surface area contributed by atoms with E-state index in [1.807, 2.05) is 41.5 Å². The van der Waals surface area contributed by atoms with E-state index in [0.29, 0.717) is 0 Å². The Balaban J connectivity index is -0.0000000933. The van der Waals surface area contributed by atoms with Crippen molar-refractivity contribution in [2.75, 3.05) is 13.2 Å². The maximum Gasteiger partial charge on any atom is 0.0513 e. The summed E-state index contributed by atoms with van der Waals surface area (Å²) in [6, 6.07) is 0. The highest BCUT2D eigenvalue weighted by atomic mass is 16.5. The third-order valence-corrected chi connectivity index (χ3v) is 0.805. The zero-order chi connectivity index (χ0) is 9.70. The van der Waals surface area contributed by atoms with E-state index in [1.54, 1.807) is 0 Å². The van der Waals surface area contributed by atoms with Crippen LogP contribution in [0.3, 0.4) is 0 Å². The Morgan fingerprint density at radius 2 is 1.00 bits per heavy atom. The van der Waals surface area contributed by atoms with Crippen LogP contribution < -0.4 is 0 Å². The Kier molecular flexibility index (Phi) is 35.1. The molecule has 1 heteroatoms. The molecule has 0 radical (unpaired) electrons. The van der Waals surface area contributed by atoms with E-state index in [9.17, 15) is 0 Å². The van der Waals surface area contributed by atoms with Crippen molar-refractivity contribution in [3.8, 4) is 0 Å². The number of ether oxygens (including phenoxy) is 1. The van der Waals surface area contributed by atoms with E-state index in [1.165, 1.54) is 0 Å². The largest absolute Gasteiger partial charge is 0.381 e. The second kappa shape index (κ2) is 22.5. The molecule has 0 unspecified atom stereocenters. The molecule has 0 N–H and O–H groups in total. The van der Waals surface area contributed by atoms with Gasteiger partial charge in [-0.25, -0.2) is 0 Å². The molecule has 0 spiro atoms. The van der Waals surface area contributed by atoms with Crippen LogP contribution in [0.15, 0.2) is 0 Å². The molecule has 0 aromatic heterocycles. The molecule has 1 nitrogen and oxygen atoms in total. The lowest BCUT2D eigenvalue weighted by Gasteiger charge is -2.20. The second-order valence-corrected chi connectivity index (χ2v) is 1.64. The fourth-order valence-electron chi connectivity index (χ4n) is 0.354. The first-order valence-electron chi connectivity index (χ1n) is 4.97. The molecule has 11 heavy (non-hydrogen) atoms. The highest BCUT2D eigenvalue weighted by molar-refractivity contribution is 4.56. The van der Waals surface area contributed by atoms with Crippen molar-refractivity contribution in [2.24, 2.45) is 5.92 Å². The van der Waals surface area contributed by atoms with Crippen molar-refractivity contribution in [1.82, 2.24) is 0 Å². The Bertz CT molecular complexity index is 31.9. The Morgan fingerprint density at radius 3 is 1.00 bits per heavy atom. The van der Waals surface area contributed by atoms with Crippen molar-refractivity contribution in [3.63, 3.8) is 0 Å². The number of hydrogen-bond donors (Lipinski definition) is 0. The molecule has 0 aliphatic carbocycles. The van der Waals surface area contributed by atoms with Gasteiger partial charge in [-0.05, 0) is 0 Å². The molecule has 1 heterocycles. The molecule has 1 aliphatic heterocycles. The van der Waals surface area contributed by atoms with E-state index in [0.717, 1.165) is 19.1 Å². The minimum Gasteiger partial charge on any atom is -0.381 e. The highest BCUT2D eigenvalue weighted by Gasteiger charge is 2.09. The summed E-state index contributed by atoms with van der Waals surface area (Å²) in [7, 11) is 0. The monoisotopic (exact) mass is 162 g/mol. The molecule has 0 saturated carbocycles. The van der Waals surface area contributed by atoms with Crippen LogP contribution in [0.2, 0.25) is 0 Å². The van der Waals surface area contributed by atoms with Gasteiger partial charge in [0.1, 0.15) is 0 Å². The summed E-state index contributed by atoms with van der Waals surface area (Å²) in [4.78, 5) is 0. The SMILES string of the molecule is CC.CC.CC.CC1COC1. The average Bonchev–Trinajstić information content (AvgIpc) is 2.12.